The van der Waals surface area contributed by atoms with E-state index in [-0.39, 0.29) is 17.7 Å². The van der Waals surface area contributed by atoms with Gasteiger partial charge in [-0.2, -0.15) is 0 Å². The molecule has 0 saturated carbocycles. The number of nitrogens with zero attached hydrogens (tertiary/aromatic N) is 7. The number of anilines is 1. The molecule has 0 aliphatic carbocycles. The first-order valence-electron chi connectivity index (χ1n) is 9.08. The summed E-state index contributed by atoms with van der Waals surface area (Å²) in [6, 6.07) is 1.79. The van der Waals surface area contributed by atoms with Crippen molar-refractivity contribution >= 4 is 40.3 Å². The highest BCUT2D eigenvalue weighted by Gasteiger charge is 2.32. The molecule has 0 radical (unpaired) electrons. The van der Waals surface area contributed by atoms with Crippen LogP contribution in [0, 0.1) is 0 Å². The third-order valence-corrected chi connectivity index (χ3v) is 5.23. The summed E-state index contributed by atoms with van der Waals surface area (Å²) in [5.74, 6) is 0.669. The molecule has 1 saturated heterocycles. The van der Waals surface area contributed by atoms with Crippen LogP contribution in [0.5, 0.6) is 0 Å². The van der Waals surface area contributed by atoms with Gasteiger partial charge in [0.15, 0.2) is 11.5 Å². The molecule has 1 amide bonds. The second-order valence-electron chi connectivity index (χ2n) is 7.93. The number of amides is 1. The molecule has 4 heterocycles. The van der Waals surface area contributed by atoms with Gasteiger partial charge in [-0.25, -0.2) is 14.8 Å². The van der Waals surface area contributed by atoms with Crippen LogP contribution in [0.2, 0.25) is 5.02 Å². The fourth-order valence-corrected chi connectivity index (χ4v) is 3.28. The molecule has 0 spiro atoms. The molecule has 1 atom stereocenters. The summed E-state index contributed by atoms with van der Waals surface area (Å²) in [5.41, 5.74) is 1.62. The van der Waals surface area contributed by atoms with Gasteiger partial charge >= 0.3 is 6.09 Å². The van der Waals surface area contributed by atoms with E-state index in [0.29, 0.717) is 35.2 Å². The van der Waals surface area contributed by atoms with Crippen LogP contribution in [-0.2, 0) is 4.74 Å². The zero-order chi connectivity index (χ0) is 20.1. The summed E-state index contributed by atoms with van der Waals surface area (Å²) in [5, 5.41) is 8.75. The number of pyridine rings is 1. The molecular formula is C18H22ClN7O2. The molecule has 9 nitrogen and oxygen atoms in total. The summed E-state index contributed by atoms with van der Waals surface area (Å²) < 4.78 is 7.51. The Morgan fingerprint density at radius 2 is 2.18 bits per heavy atom. The van der Waals surface area contributed by atoms with E-state index < -0.39 is 0 Å². The lowest BCUT2D eigenvalue weighted by atomic mass is 10.1. The van der Waals surface area contributed by atoms with Gasteiger partial charge in [0.05, 0.1) is 17.1 Å². The number of carbonyl (C=O) groups is 1. The van der Waals surface area contributed by atoms with Crippen LogP contribution < -0.4 is 4.90 Å². The summed E-state index contributed by atoms with van der Waals surface area (Å²) >= 11 is 6.07. The minimum Gasteiger partial charge on any atom is -0.444 e. The van der Waals surface area contributed by atoms with Gasteiger partial charge in [0.1, 0.15) is 12.4 Å². The number of aromatic nitrogens is 5. The van der Waals surface area contributed by atoms with E-state index in [2.05, 4.69) is 25.1 Å². The Balaban J connectivity index is 1.59. The van der Waals surface area contributed by atoms with Gasteiger partial charge < -0.3 is 14.5 Å². The molecule has 4 rings (SSSR count). The molecule has 0 unspecified atom stereocenters. The topological polar surface area (TPSA) is 88.8 Å². The number of ether oxygens (including phenoxy) is 1. The van der Waals surface area contributed by atoms with E-state index in [1.807, 2.05) is 25.2 Å². The fourth-order valence-electron chi connectivity index (χ4n) is 3.12. The highest BCUT2D eigenvalue weighted by atomic mass is 35.5. The molecule has 0 N–H and O–H groups in total. The lowest BCUT2D eigenvalue weighted by molar-refractivity contribution is 0.0545. The number of hydrogen-bond acceptors (Lipinski definition) is 7. The molecule has 1 fully saturated rings. The van der Waals surface area contributed by atoms with Gasteiger partial charge in [-0.3, -0.25) is 4.40 Å². The summed E-state index contributed by atoms with van der Waals surface area (Å²) in [6.45, 7) is 7.14. The van der Waals surface area contributed by atoms with Crippen LogP contribution in [-0.4, -0.2) is 67.3 Å². The number of rotatable bonds is 2. The van der Waals surface area contributed by atoms with Gasteiger partial charge in [0.25, 0.3) is 0 Å². The lowest BCUT2D eigenvalue weighted by Gasteiger charge is -2.32. The van der Waals surface area contributed by atoms with Crippen LogP contribution in [0.3, 0.4) is 0 Å². The largest absolute Gasteiger partial charge is 0.444 e. The standard InChI is InChI=1S/C18H22ClN7O2/c1-18(2,3)24(4)17(27)28-12-5-6-25(9-12)15-16-23-21-10-26(16)13-7-11(19)8-20-14(13)22-15/h7-8,10,12H,5-6,9H2,1-4H3/t12-/m1/s1. The lowest BCUT2D eigenvalue weighted by Crippen LogP contribution is -2.44. The molecule has 3 aromatic heterocycles. The predicted molar refractivity (Wildman–Crippen MR) is 106 cm³/mol. The van der Waals surface area contributed by atoms with Crippen molar-refractivity contribution in [2.45, 2.75) is 38.8 Å². The number of halogens is 1. The minimum absolute atomic E-state index is 0.212. The van der Waals surface area contributed by atoms with Crippen LogP contribution in [0.1, 0.15) is 27.2 Å². The van der Waals surface area contributed by atoms with Gasteiger partial charge in [0, 0.05) is 31.7 Å². The van der Waals surface area contributed by atoms with Crippen molar-refractivity contribution in [1.82, 2.24) is 29.5 Å². The van der Waals surface area contributed by atoms with Crippen molar-refractivity contribution in [1.29, 1.82) is 0 Å². The van der Waals surface area contributed by atoms with Crippen molar-refractivity contribution in [2.75, 3.05) is 25.0 Å². The second kappa shape index (κ2) is 6.73. The molecule has 1 aliphatic heterocycles. The van der Waals surface area contributed by atoms with Crippen molar-refractivity contribution in [3.8, 4) is 0 Å². The molecule has 0 bridgehead atoms. The normalized spacial score (nSPS) is 17.5. The third-order valence-electron chi connectivity index (χ3n) is 5.03. The van der Waals surface area contributed by atoms with Crippen molar-refractivity contribution in [2.24, 2.45) is 0 Å². The first kappa shape index (κ1) is 18.7. The smallest absolute Gasteiger partial charge is 0.410 e. The van der Waals surface area contributed by atoms with E-state index in [9.17, 15) is 4.79 Å². The van der Waals surface area contributed by atoms with Gasteiger partial charge in [-0.05, 0) is 26.8 Å². The van der Waals surface area contributed by atoms with Crippen molar-refractivity contribution in [3.05, 3.63) is 23.6 Å². The van der Waals surface area contributed by atoms with Crippen LogP contribution >= 0.6 is 11.6 Å². The van der Waals surface area contributed by atoms with Crippen LogP contribution in [0.25, 0.3) is 16.8 Å². The Bertz CT molecular complexity index is 1050. The Hall–Kier alpha value is -2.68. The van der Waals surface area contributed by atoms with Crippen molar-refractivity contribution < 1.29 is 9.53 Å². The molecule has 148 valence electrons. The number of hydrogen-bond donors (Lipinski definition) is 0. The fraction of sp³-hybridized carbons (Fsp3) is 0.500. The van der Waals surface area contributed by atoms with Crippen LogP contribution in [0.4, 0.5) is 10.6 Å². The SMILES string of the molecule is CN(C(=O)O[C@@H]1CCN(c2nc3ncc(Cl)cc3n3cnnc23)C1)C(C)(C)C. The predicted octanol–water partition coefficient (Wildman–Crippen LogP) is 2.77. The molecular weight excluding hydrogens is 382 g/mol. The Labute approximate surface area is 167 Å². The number of fused-ring (bicyclic) bond motifs is 3. The highest BCUT2D eigenvalue weighted by molar-refractivity contribution is 6.31. The summed E-state index contributed by atoms with van der Waals surface area (Å²) in [7, 11) is 1.75. The first-order chi connectivity index (χ1) is 13.2. The van der Waals surface area contributed by atoms with E-state index in [1.54, 1.807) is 30.5 Å². The number of carbonyl (C=O) groups excluding carboxylic acids is 1. The van der Waals surface area contributed by atoms with E-state index in [0.717, 1.165) is 11.9 Å². The molecule has 1 aliphatic rings. The Kier molecular flexibility index (Phi) is 4.49. The maximum Gasteiger partial charge on any atom is 0.410 e. The zero-order valence-electron chi connectivity index (χ0n) is 16.3. The second-order valence-corrected chi connectivity index (χ2v) is 8.36. The minimum atomic E-state index is -0.324. The Morgan fingerprint density at radius 1 is 1.39 bits per heavy atom. The summed E-state index contributed by atoms with van der Waals surface area (Å²) in [6.07, 6.45) is 3.36. The van der Waals surface area contributed by atoms with E-state index in [1.165, 1.54) is 0 Å². The molecule has 28 heavy (non-hydrogen) atoms. The third kappa shape index (κ3) is 3.30. The maximum atomic E-state index is 12.4. The summed E-state index contributed by atoms with van der Waals surface area (Å²) in [4.78, 5) is 25.0. The maximum absolute atomic E-state index is 12.4. The van der Waals surface area contributed by atoms with E-state index >= 15 is 0 Å². The molecule has 3 aromatic rings. The van der Waals surface area contributed by atoms with Gasteiger partial charge in [-0.15, -0.1) is 10.2 Å². The Morgan fingerprint density at radius 3 is 2.93 bits per heavy atom. The van der Waals surface area contributed by atoms with Gasteiger partial charge in [0.2, 0.25) is 5.65 Å². The van der Waals surface area contributed by atoms with Gasteiger partial charge in [-0.1, -0.05) is 11.6 Å². The average Bonchev–Trinajstić information content (AvgIpc) is 3.29. The van der Waals surface area contributed by atoms with Crippen LogP contribution in [0.15, 0.2) is 18.6 Å². The average molecular weight is 404 g/mol. The zero-order valence-corrected chi connectivity index (χ0v) is 17.0. The molecule has 10 heteroatoms. The van der Waals surface area contributed by atoms with Crippen molar-refractivity contribution in [3.63, 3.8) is 0 Å². The van der Waals surface area contributed by atoms with E-state index in [4.69, 9.17) is 16.3 Å². The first-order valence-corrected chi connectivity index (χ1v) is 9.46. The highest BCUT2D eigenvalue weighted by Crippen LogP contribution is 2.27. The monoisotopic (exact) mass is 403 g/mol. The quantitative estimate of drug-likeness (QED) is 0.649. The molecule has 0 aromatic carbocycles.